The van der Waals surface area contributed by atoms with Gasteiger partial charge < -0.3 is 24.8 Å². The van der Waals surface area contributed by atoms with Crippen LogP contribution < -0.4 is 10.1 Å². The molecule has 0 bridgehead atoms. The number of ether oxygens (including phenoxy) is 2. The molecular formula is C29H39N3O4. The molecular weight excluding hydrogens is 454 g/mol. The van der Waals surface area contributed by atoms with Crippen molar-refractivity contribution in [3.05, 3.63) is 53.2 Å². The number of aryl methyl sites for hydroxylation is 2. The summed E-state index contributed by atoms with van der Waals surface area (Å²) in [6.07, 6.45) is 8.00. The molecule has 3 aliphatic heterocycles. The Labute approximate surface area is 214 Å². The molecule has 0 radical (unpaired) electrons. The number of benzene rings is 1. The third-order valence-electron chi connectivity index (χ3n) is 7.82. The number of pyridine rings is 1. The summed E-state index contributed by atoms with van der Waals surface area (Å²) < 4.78 is 11.6. The van der Waals surface area contributed by atoms with Gasteiger partial charge in [0, 0.05) is 37.9 Å². The standard InChI is InChI=1S/C29H39N3O4/c33-28(34)17-24(23-4-1-6-26(16-23)36-20-27-7-3-15-35-27)19-32-14-12-21(18-32)8-10-25-11-9-22-5-2-13-30-29(22)31-25/h1,4,6,9,11,16,21,24,27H,2-3,5,7-8,10,12-15,17-20H2,(H,30,31)(H,33,34)/t21-,24?,27-/m1/s1. The average molecular weight is 494 g/mol. The molecule has 2 aromatic rings. The molecule has 1 aromatic heterocycles. The van der Waals surface area contributed by atoms with Gasteiger partial charge in [-0.1, -0.05) is 18.2 Å². The number of nitrogens with one attached hydrogen (secondary N) is 1. The zero-order valence-electron chi connectivity index (χ0n) is 21.2. The van der Waals surface area contributed by atoms with E-state index in [0.717, 1.165) is 88.4 Å². The first kappa shape index (κ1) is 25.0. The number of carboxylic acids is 1. The monoisotopic (exact) mass is 493 g/mol. The van der Waals surface area contributed by atoms with Crippen molar-refractivity contribution in [3.63, 3.8) is 0 Å². The van der Waals surface area contributed by atoms with Crippen LogP contribution in [0.1, 0.15) is 61.3 Å². The van der Waals surface area contributed by atoms with Crippen LogP contribution in [-0.2, 0) is 22.4 Å². The molecule has 7 nitrogen and oxygen atoms in total. The van der Waals surface area contributed by atoms with Crippen molar-refractivity contribution in [3.8, 4) is 5.75 Å². The number of aromatic nitrogens is 1. The number of aliphatic carboxylic acids is 1. The van der Waals surface area contributed by atoms with E-state index in [1.807, 2.05) is 24.3 Å². The molecule has 0 spiro atoms. The molecule has 1 unspecified atom stereocenters. The van der Waals surface area contributed by atoms with Crippen LogP contribution in [0.25, 0.3) is 0 Å². The first-order valence-electron chi connectivity index (χ1n) is 13.6. The maximum atomic E-state index is 11.7. The number of carboxylic acid groups (broad SMARTS) is 1. The highest BCUT2D eigenvalue weighted by atomic mass is 16.5. The fraction of sp³-hybridized carbons (Fsp3) is 0.586. The van der Waals surface area contributed by atoms with Gasteiger partial charge in [-0.25, -0.2) is 4.98 Å². The quantitative estimate of drug-likeness (QED) is 0.476. The normalized spacial score (nSPS) is 22.7. The molecule has 3 atom stereocenters. The topological polar surface area (TPSA) is 83.9 Å². The van der Waals surface area contributed by atoms with Gasteiger partial charge in [0.05, 0.1) is 12.5 Å². The second kappa shape index (κ2) is 12.1. The number of nitrogens with zero attached hydrogens (tertiary/aromatic N) is 2. The largest absolute Gasteiger partial charge is 0.491 e. The Kier molecular flexibility index (Phi) is 8.39. The van der Waals surface area contributed by atoms with E-state index in [2.05, 4.69) is 22.3 Å². The first-order valence-corrected chi connectivity index (χ1v) is 13.6. The average Bonchev–Trinajstić information content (AvgIpc) is 3.58. The highest BCUT2D eigenvalue weighted by molar-refractivity contribution is 5.68. The molecule has 1 aromatic carbocycles. The number of hydrogen-bond acceptors (Lipinski definition) is 6. The van der Waals surface area contributed by atoms with Gasteiger partial charge in [-0.05, 0) is 86.7 Å². The van der Waals surface area contributed by atoms with E-state index in [9.17, 15) is 9.90 Å². The third kappa shape index (κ3) is 6.77. The van der Waals surface area contributed by atoms with Crippen LogP contribution in [0.2, 0.25) is 0 Å². The second-order valence-electron chi connectivity index (χ2n) is 10.6. The molecule has 7 heteroatoms. The Hall–Kier alpha value is -2.64. The summed E-state index contributed by atoms with van der Waals surface area (Å²) in [6.45, 7) is 5.19. The zero-order valence-corrected chi connectivity index (χ0v) is 21.2. The van der Waals surface area contributed by atoms with Crippen molar-refractivity contribution in [2.75, 3.05) is 44.7 Å². The molecule has 36 heavy (non-hydrogen) atoms. The Bertz CT molecular complexity index is 1020. The predicted molar refractivity (Wildman–Crippen MR) is 140 cm³/mol. The number of carbonyl (C=O) groups is 1. The van der Waals surface area contributed by atoms with E-state index in [1.54, 1.807) is 0 Å². The van der Waals surface area contributed by atoms with Gasteiger partial charge in [0.1, 0.15) is 18.2 Å². The van der Waals surface area contributed by atoms with Crippen LogP contribution >= 0.6 is 0 Å². The van der Waals surface area contributed by atoms with Crippen molar-refractivity contribution in [2.24, 2.45) is 5.92 Å². The Morgan fingerprint density at radius 1 is 1.25 bits per heavy atom. The third-order valence-corrected chi connectivity index (χ3v) is 7.82. The van der Waals surface area contributed by atoms with Gasteiger partial charge in [0.15, 0.2) is 0 Å². The van der Waals surface area contributed by atoms with Crippen LogP contribution in [-0.4, -0.2) is 66.5 Å². The molecule has 0 aliphatic carbocycles. The van der Waals surface area contributed by atoms with E-state index >= 15 is 0 Å². The molecule has 0 amide bonds. The zero-order chi connectivity index (χ0) is 24.7. The molecule has 0 saturated carbocycles. The minimum atomic E-state index is -0.756. The van der Waals surface area contributed by atoms with Crippen molar-refractivity contribution in [2.45, 2.75) is 63.4 Å². The van der Waals surface area contributed by atoms with E-state index in [1.165, 1.54) is 17.7 Å². The van der Waals surface area contributed by atoms with E-state index in [0.29, 0.717) is 12.5 Å². The van der Waals surface area contributed by atoms with Crippen LogP contribution in [0.4, 0.5) is 5.82 Å². The minimum absolute atomic E-state index is 0.0547. The first-order chi connectivity index (χ1) is 17.6. The number of anilines is 1. The van der Waals surface area contributed by atoms with Crippen LogP contribution in [0.3, 0.4) is 0 Å². The Balaban J connectivity index is 1.14. The van der Waals surface area contributed by atoms with Gasteiger partial charge in [-0.3, -0.25) is 4.79 Å². The van der Waals surface area contributed by atoms with Gasteiger partial charge >= 0.3 is 5.97 Å². The van der Waals surface area contributed by atoms with Crippen molar-refractivity contribution < 1.29 is 19.4 Å². The number of rotatable bonds is 11. The molecule has 4 heterocycles. The van der Waals surface area contributed by atoms with Crippen LogP contribution in [0.5, 0.6) is 5.75 Å². The maximum absolute atomic E-state index is 11.7. The summed E-state index contributed by atoms with van der Waals surface area (Å²) in [7, 11) is 0. The summed E-state index contributed by atoms with van der Waals surface area (Å²) in [5.41, 5.74) is 3.55. The molecule has 5 rings (SSSR count). The highest BCUT2D eigenvalue weighted by Gasteiger charge is 2.27. The van der Waals surface area contributed by atoms with Gasteiger partial charge in [0.2, 0.25) is 0 Å². The molecule has 2 saturated heterocycles. The molecule has 3 aliphatic rings. The summed E-state index contributed by atoms with van der Waals surface area (Å²) in [4.78, 5) is 19.0. The minimum Gasteiger partial charge on any atom is -0.491 e. The predicted octanol–water partition coefficient (Wildman–Crippen LogP) is 4.51. The number of hydrogen-bond donors (Lipinski definition) is 2. The van der Waals surface area contributed by atoms with Gasteiger partial charge in [-0.2, -0.15) is 0 Å². The summed E-state index contributed by atoms with van der Waals surface area (Å²) >= 11 is 0. The molecule has 2 N–H and O–H groups in total. The lowest BCUT2D eigenvalue weighted by molar-refractivity contribution is -0.137. The lowest BCUT2D eigenvalue weighted by Gasteiger charge is -2.24. The van der Waals surface area contributed by atoms with Gasteiger partial charge in [-0.15, -0.1) is 0 Å². The van der Waals surface area contributed by atoms with Crippen molar-refractivity contribution in [1.29, 1.82) is 0 Å². The number of fused-ring (bicyclic) bond motifs is 1. The molecule has 2 fully saturated rings. The second-order valence-corrected chi connectivity index (χ2v) is 10.6. The Morgan fingerprint density at radius 3 is 3.06 bits per heavy atom. The van der Waals surface area contributed by atoms with Crippen molar-refractivity contribution in [1.82, 2.24) is 9.88 Å². The fourth-order valence-corrected chi connectivity index (χ4v) is 5.81. The summed E-state index contributed by atoms with van der Waals surface area (Å²) in [6, 6.07) is 12.4. The van der Waals surface area contributed by atoms with E-state index in [-0.39, 0.29) is 18.4 Å². The lowest BCUT2D eigenvalue weighted by Crippen LogP contribution is -2.28. The van der Waals surface area contributed by atoms with E-state index in [4.69, 9.17) is 14.5 Å². The van der Waals surface area contributed by atoms with Crippen LogP contribution in [0.15, 0.2) is 36.4 Å². The van der Waals surface area contributed by atoms with E-state index < -0.39 is 5.97 Å². The van der Waals surface area contributed by atoms with Crippen LogP contribution in [0, 0.1) is 5.92 Å². The smallest absolute Gasteiger partial charge is 0.304 e. The molecule has 194 valence electrons. The Morgan fingerprint density at radius 2 is 2.19 bits per heavy atom. The van der Waals surface area contributed by atoms with Crippen molar-refractivity contribution >= 4 is 11.8 Å². The fourth-order valence-electron chi connectivity index (χ4n) is 5.81. The summed E-state index contributed by atoms with van der Waals surface area (Å²) in [5, 5.41) is 13.0. The lowest BCUT2D eigenvalue weighted by atomic mass is 9.94. The SMILES string of the molecule is O=C(O)CC(CN1CC[C@@H](CCc2ccc3c(n2)NCCC3)C1)c1cccc(OC[C@H]2CCCO2)c1. The maximum Gasteiger partial charge on any atom is 0.304 e. The highest BCUT2D eigenvalue weighted by Crippen LogP contribution is 2.29. The van der Waals surface area contributed by atoms with Gasteiger partial charge in [0.25, 0.3) is 0 Å². The summed E-state index contributed by atoms with van der Waals surface area (Å²) in [5.74, 6) is 1.69. The number of likely N-dealkylation sites (tertiary alicyclic amines) is 1.